The molecule has 0 aliphatic heterocycles. The number of hydrogen-bond donors (Lipinski definition) is 1. The largest absolute Gasteiger partial charge is 0.497 e. The quantitative estimate of drug-likeness (QED) is 0.628. The molecule has 4 rings (SSSR count). The van der Waals surface area contributed by atoms with Crippen LogP contribution in [0.3, 0.4) is 0 Å². The van der Waals surface area contributed by atoms with E-state index in [9.17, 15) is 10.1 Å². The number of thiophene rings is 1. The normalized spacial score (nSPS) is 15.7. The van der Waals surface area contributed by atoms with E-state index in [1.54, 1.807) is 7.11 Å². The predicted molar refractivity (Wildman–Crippen MR) is 122 cm³/mol. The average Bonchev–Trinajstić information content (AvgIpc) is 3.36. The maximum atomic E-state index is 12.7. The monoisotopic (exact) mass is 450 g/mol. The highest BCUT2D eigenvalue weighted by molar-refractivity contribution is 7.16. The Morgan fingerprint density at radius 1 is 1.34 bits per heavy atom. The lowest BCUT2D eigenvalue weighted by atomic mass is 9.72. The number of methoxy groups -OCH3 is 1. The van der Waals surface area contributed by atoms with Crippen molar-refractivity contribution in [3.63, 3.8) is 0 Å². The number of benzene rings is 1. The standard InChI is InChI=1S/C23H26N6O2S/c1-23(2,3)15-7-10-17-18(12-24)22(32-19(17)11-15)25-20(30)13-29-27-21(26-28-29)14-5-8-16(31-4)9-6-14/h5-6,8-9,15H,7,10-11,13H2,1-4H3,(H,25,30). The van der Waals surface area contributed by atoms with Gasteiger partial charge >= 0.3 is 0 Å². The van der Waals surface area contributed by atoms with Crippen molar-refractivity contribution in [1.82, 2.24) is 20.2 Å². The summed E-state index contributed by atoms with van der Waals surface area (Å²) in [5.74, 6) is 1.45. The Labute approximate surface area is 191 Å². The zero-order valence-corrected chi connectivity index (χ0v) is 19.5. The van der Waals surface area contributed by atoms with Crippen LogP contribution in [-0.2, 0) is 24.2 Å². The number of rotatable bonds is 5. The summed E-state index contributed by atoms with van der Waals surface area (Å²) in [4.78, 5) is 15.1. The van der Waals surface area contributed by atoms with Gasteiger partial charge in [-0.1, -0.05) is 20.8 Å². The SMILES string of the molecule is COc1ccc(-c2nnn(CC(=O)Nc3sc4c(c3C#N)CCC(C(C)(C)C)C4)n2)cc1. The van der Waals surface area contributed by atoms with E-state index in [1.165, 1.54) is 21.0 Å². The fourth-order valence-electron chi connectivity index (χ4n) is 3.99. The second-order valence-corrected chi connectivity index (χ2v) is 10.2. The molecule has 8 nitrogen and oxygen atoms in total. The van der Waals surface area contributed by atoms with Gasteiger partial charge in [0.25, 0.3) is 0 Å². The van der Waals surface area contributed by atoms with Gasteiger partial charge in [-0.25, -0.2) is 0 Å². The van der Waals surface area contributed by atoms with Crippen LogP contribution in [0.1, 0.15) is 43.2 Å². The van der Waals surface area contributed by atoms with Crippen molar-refractivity contribution in [2.45, 2.75) is 46.6 Å². The third-order valence-corrected chi connectivity index (χ3v) is 7.11. The predicted octanol–water partition coefficient (Wildman–Crippen LogP) is 4.07. The van der Waals surface area contributed by atoms with E-state index in [2.05, 4.69) is 47.6 Å². The van der Waals surface area contributed by atoms with E-state index in [0.29, 0.717) is 22.3 Å². The molecule has 1 amide bonds. The number of aromatic nitrogens is 4. The molecule has 2 aromatic heterocycles. The number of carbonyl (C=O) groups is 1. The lowest BCUT2D eigenvalue weighted by Gasteiger charge is -2.33. The smallest absolute Gasteiger partial charge is 0.248 e. The first-order chi connectivity index (χ1) is 15.3. The molecule has 1 aliphatic rings. The van der Waals surface area contributed by atoms with Crippen LogP contribution in [0, 0.1) is 22.7 Å². The molecule has 1 aliphatic carbocycles. The molecule has 1 atom stereocenters. The van der Waals surface area contributed by atoms with Gasteiger partial charge in [0.1, 0.15) is 23.4 Å². The van der Waals surface area contributed by atoms with E-state index in [-0.39, 0.29) is 17.9 Å². The van der Waals surface area contributed by atoms with Crippen LogP contribution in [0.15, 0.2) is 24.3 Å². The van der Waals surface area contributed by atoms with Crippen LogP contribution >= 0.6 is 11.3 Å². The van der Waals surface area contributed by atoms with Crippen molar-refractivity contribution in [3.05, 3.63) is 40.3 Å². The van der Waals surface area contributed by atoms with Crippen molar-refractivity contribution in [1.29, 1.82) is 5.26 Å². The number of amides is 1. The van der Waals surface area contributed by atoms with Gasteiger partial charge in [-0.15, -0.1) is 21.5 Å². The van der Waals surface area contributed by atoms with Crippen LogP contribution < -0.4 is 10.1 Å². The van der Waals surface area contributed by atoms with Gasteiger partial charge in [0.15, 0.2) is 0 Å². The van der Waals surface area contributed by atoms with Gasteiger partial charge in [-0.2, -0.15) is 10.1 Å². The van der Waals surface area contributed by atoms with E-state index in [4.69, 9.17) is 4.74 Å². The molecule has 0 bridgehead atoms. The number of carbonyl (C=O) groups excluding carboxylic acids is 1. The highest BCUT2D eigenvalue weighted by atomic mass is 32.1. The van der Waals surface area contributed by atoms with Gasteiger partial charge in [0.05, 0.1) is 12.7 Å². The van der Waals surface area contributed by atoms with Crippen molar-refractivity contribution in [2.24, 2.45) is 11.3 Å². The lowest BCUT2D eigenvalue weighted by Crippen LogP contribution is -2.26. The summed E-state index contributed by atoms with van der Waals surface area (Å²) in [7, 11) is 1.60. The average molecular weight is 451 g/mol. The molecule has 1 unspecified atom stereocenters. The summed E-state index contributed by atoms with van der Waals surface area (Å²) in [6.07, 6.45) is 2.89. The molecule has 32 heavy (non-hydrogen) atoms. The van der Waals surface area contributed by atoms with Crippen LogP contribution in [0.25, 0.3) is 11.4 Å². The molecule has 9 heteroatoms. The maximum Gasteiger partial charge on any atom is 0.248 e. The Morgan fingerprint density at radius 2 is 2.09 bits per heavy atom. The van der Waals surface area contributed by atoms with Crippen molar-refractivity contribution < 1.29 is 9.53 Å². The maximum absolute atomic E-state index is 12.7. The number of ether oxygens (including phenoxy) is 1. The van der Waals surface area contributed by atoms with Gasteiger partial charge in [-0.05, 0) is 65.6 Å². The number of nitrogens with one attached hydrogen (secondary N) is 1. The summed E-state index contributed by atoms with van der Waals surface area (Å²) in [6, 6.07) is 9.59. The Hall–Kier alpha value is -3.25. The molecule has 3 aromatic rings. The molecule has 0 spiro atoms. The third kappa shape index (κ3) is 4.50. The molecule has 0 radical (unpaired) electrons. The summed E-state index contributed by atoms with van der Waals surface area (Å²) in [5, 5.41) is 25.5. The van der Waals surface area contributed by atoms with Crippen molar-refractivity contribution in [2.75, 3.05) is 12.4 Å². The molecule has 2 heterocycles. The van der Waals surface area contributed by atoms with Crippen LogP contribution in [0.4, 0.5) is 5.00 Å². The Kier molecular flexibility index (Phi) is 5.98. The Balaban J connectivity index is 1.45. The first kappa shape index (κ1) is 22.0. The number of nitrogens with zero attached hydrogens (tertiary/aromatic N) is 5. The number of tetrazole rings is 1. The molecule has 0 saturated carbocycles. The minimum atomic E-state index is -0.286. The van der Waals surface area contributed by atoms with Crippen LogP contribution in [-0.4, -0.2) is 33.2 Å². The molecule has 0 fully saturated rings. The van der Waals surface area contributed by atoms with E-state index in [0.717, 1.165) is 36.1 Å². The summed E-state index contributed by atoms with van der Waals surface area (Å²) in [6.45, 7) is 6.70. The first-order valence-electron chi connectivity index (χ1n) is 10.5. The molecule has 1 aromatic carbocycles. The highest BCUT2D eigenvalue weighted by Crippen LogP contribution is 2.43. The van der Waals surface area contributed by atoms with E-state index in [1.807, 2.05) is 24.3 Å². The topological polar surface area (TPSA) is 106 Å². The number of nitriles is 1. The summed E-state index contributed by atoms with van der Waals surface area (Å²) >= 11 is 1.52. The van der Waals surface area contributed by atoms with E-state index < -0.39 is 0 Å². The van der Waals surface area contributed by atoms with Crippen molar-refractivity contribution >= 4 is 22.2 Å². The fraction of sp³-hybridized carbons (Fsp3) is 0.435. The van der Waals surface area contributed by atoms with Crippen molar-refractivity contribution in [3.8, 4) is 23.2 Å². The van der Waals surface area contributed by atoms with Gasteiger partial charge in [-0.3, -0.25) is 4.79 Å². The summed E-state index contributed by atoms with van der Waals surface area (Å²) in [5.41, 5.74) is 2.69. The van der Waals surface area contributed by atoms with Gasteiger partial charge in [0.2, 0.25) is 11.7 Å². The second kappa shape index (κ2) is 8.71. The lowest BCUT2D eigenvalue weighted by molar-refractivity contribution is -0.117. The molecule has 166 valence electrons. The summed E-state index contributed by atoms with van der Waals surface area (Å²) < 4.78 is 5.15. The molecule has 0 saturated heterocycles. The zero-order valence-electron chi connectivity index (χ0n) is 18.7. The van der Waals surface area contributed by atoms with Crippen LogP contribution in [0.5, 0.6) is 5.75 Å². The molecular weight excluding hydrogens is 424 g/mol. The van der Waals surface area contributed by atoms with Gasteiger partial charge in [0, 0.05) is 10.4 Å². The third-order valence-electron chi connectivity index (χ3n) is 5.94. The Bertz CT molecular complexity index is 1170. The number of fused-ring (bicyclic) bond motifs is 1. The minimum absolute atomic E-state index is 0.0821. The number of hydrogen-bond acceptors (Lipinski definition) is 7. The highest BCUT2D eigenvalue weighted by Gasteiger charge is 2.32. The molecular formula is C23H26N6O2S. The fourth-order valence-corrected chi connectivity index (χ4v) is 5.29. The van der Waals surface area contributed by atoms with Gasteiger partial charge < -0.3 is 10.1 Å². The second-order valence-electron chi connectivity index (χ2n) is 9.05. The first-order valence-corrected chi connectivity index (χ1v) is 11.4. The Morgan fingerprint density at radius 3 is 2.75 bits per heavy atom. The molecule has 1 N–H and O–H groups in total. The zero-order chi connectivity index (χ0) is 22.9. The van der Waals surface area contributed by atoms with Crippen LogP contribution in [0.2, 0.25) is 0 Å². The van der Waals surface area contributed by atoms with E-state index >= 15 is 0 Å². The minimum Gasteiger partial charge on any atom is -0.497 e. The number of anilines is 1.